The van der Waals surface area contributed by atoms with Crippen LogP contribution in [0.25, 0.3) is 0 Å². The predicted molar refractivity (Wildman–Crippen MR) is 66.4 cm³/mol. The topological polar surface area (TPSA) is 38.5 Å². The van der Waals surface area contributed by atoms with E-state index in [1.165, 1.54) is 51.6 Å². The van der Waals surface area contributed by atoms with Crippen LogP contribution in [0.3, 0.4) is 0 Å². The maximum Gasteiger partial charge on any atom is 0.0820 e. The Labute approximate surface area is 99.3 Å². The van der Waals surface area contributed by atoms with Crippen LogP contribution in [0, 0.1) is 5.41 Å². The molecule has 1 saturated heterocycles. The highest BCUT2D eigenvalue weighted by atomic mass is 16.5. The first-order valence-corrected chi connectivity index (χ1v) is 6.73. The molecule has 2 aliphatic rings. The van der Waals surface area contributed by atoms with Crippen LogP contribution in [-0.4, -0.2) is 44.3 Å². The first kappa shape index (κ1) is 12.3. The van der Waals surface area contributed by atoms with Crippen LogP contribution in [0.1, 0.15) is 38.5 Å². The van der Waals surface area contributed by atoms with Crippen molar-refractivity contribution in [1.29, 1.82) is 0 Å². The summed E-state index contributed by atoms with van der Waals surface area (Å²) in [7, 11) is 1.76. The molecule has 2 N–H and O–H groups in total. The van der Waals surface area contributed by atoms with Gasteiger partial charge >= 0.3 is 0 Å². The summed E-state index contributed by atoms with van der Waals surface area (Å²) in [6.07, 6.45) is 8.89. The number of ether oxygens (including phenoxy) is 1. The Balaban J connectivity index is 1.76. The molecule has 2 fully saturated rings. The molecule has 0 aromatic heterocycles. The van der Waals surface area contributed by atoms with Gasteiger partial charge in [-0.15, -0.1) is 0 Å². The maximum absolute atomic E-state index is 5.66. The molecule has 2 rings (SSSR count). The van der Waals surface area contributed by atoms with E-state index in [0.29, 0.717) is 6.54 Å². The average Bonchev–Trinajstić information content (AvgIpc) is 2.77. The van der Waals surface area contributed by atoms with Crippen LogP contribution in [0.5, 0.6) is 0 Å². The highest BCUT2D eigenvalue weighted by Crippen LogP contribution is 2.46. The van der Waals surface area contributed by atoms with Crippen molar-refractivity contribution in [2.24, 2.45) is 11.1 Å². The Kier molecular flexibility index (Phi) is 4.22. The van der Waals surface area contributed by atoms with Gasteiger partial charge in [0, 0.05) is 20.2 Å². The second-order valence-electron chi connectivity index (χ2n) is 5.60. The van der Waals surface area contributed by atoms with Gasteiger partial charge in [-0.3, -0.25) is 0 Å². The zero-order valence-corrected chi connectivity index (χ0v) is 10.6. The van der Waals surface area contributed by atoms with Gasteiger partial charge in [0.25, 0.3) is 0 Å². The zero-order chi connectivity index (χ0) is 11.4. The Morgan fingerprint density at radius 3 is 2.31 bits per heavy atom. The number of nitrogens with two attached hydrogens (primary N) is 1. The van der Waals surface area contributed by atoms with Crippen LogP contribution in [0.15, 0.2) is 0 Å². The predicted octanol–water partition coefficient (Wildman–Crippen LogP) is 1.62. The molecule has 0 bridgehead atoms. The molecule has 3 heteroatoms. The van der Waals surface area contributed by atoms with Crippen molar-refractivity contribution < 1.29 is 4.74 Å². The molecule has 1 unspecified atom stereocenters. The van der Waals surface area contributed by atoms with Gasteiger partial charge in [-0.1, -0.05) is 12.8 Å². The van der Waals surface area contributed by atoms with Crippen molar-refractivity contribution in [3.05, 3.63) is 0 Å². The van der Waals surface area contributed by atoms with Crippen molar-refractivity contribution in [3.63, 3.8) is 0 Å². The van der Waals surface area contributed by atoms with Crippen molar-refractivity contribution >= 4 is 0 Å². The summed E-state index contributed by atoms with van der Waals surface area (Å²) in [5.74, 6) is 0. The minimum atomic E-state index is 0.220. The molecular formula is C13H26N2O. The van der Waals surface area contributed by atoms with E-state index in [2.05, 4.69) is 4.90 Å². The van der Waals surface area contributed by atoms with E-state index in [9.17, 15) is 0 Å². The van der Waals surface area contributed by atoms with Gasteiger partial charge in [0.15, 0.2) is 0 Å². The van der Waals surface area contributed by atoms with E-state index in [-0.39, 0.29) is 6.10 Å². The normalized spacial score (nSPS) is 27.4. The molecular weight excluding hydrogens is 200 g/mol. The van der Waals surface area contributed by atoms with E-state index in [4.69, 9.17) is 10.5 Å². The fourth-order valence-electron chi connectivity index (χ4n) is 3.37. The minimum absolute atomic E-state index is 0.220. The Bertz CT molecular complexity index is 200. The van der Waals surface area contributed by atoms with Gasteiger partial charge in [0.05, 0.1) is 6.10 Å². The molecule has 1 heterocycles. The number of likely N-dealkylation sites (tertiary alicyclic amines) is 1. The number of hydrogen-bond acceptors (Lipinski definition) is 3. The minimum Gasteiger partial charge on any atom is -0.379 e. The first-order valence-electron chi connectivity index (χ1n) is 6.73. The molecule has 16 heavy (non-hydrogen) atoms. The van der Waals surface area contributed by atoms with Gasteiger partial charge in [-0.2, -0.15) is 0 Å². The molecule has 0 aromatic rings. The standard InChI is InChI=1S/C13H26N2O/c1-16-12(10-14)11-15-8-6-13(7-9-15)4-2-3-5-13/h12H,2-11,14H2,1H3. The molecule has 1 aliphatic heterocycles. The first-order chi connectivity index (χ1) is 7.78. The Hall–Kier alpha value is -0.120. The number of piperidine rings is 1. The third-order valence-electron chi connectivity index (χ3n) is 4.64. The third-order valence-corrected chi connectivity index (χ3v) is 4.64. The van der Waals surface area contributed by atoms with E-state index in [1.807, 2.05) is 0 Å². The van der Waals surface area contributed by atoms with Gasteiger partial charge in [0.1, 0.15) is 0 Å². The van der Waals surface area contributed by atoms with Crippen LogP contribution < -0.4 is 5.73 Å². The SMILES string of the molecule is COC(CN)CN1CCC2(CCCC2)CC1. The van der Waals surface area contributed by atoms with Crippen LogP contribution >= 0.6 is 0 Å². The smallest absolute Gasteiger partial charge is 0.0820 e. The highest BCUT2D eigenvalue weighted by molar-refractivity contribution is 4.90. The summed E-state index contributed by atoms with van der Waals surface area (Å²) >= 11 is 0. The summed E-state index contributed by atoms with van der Waals surface area (Å²) in [5.41, 5.74) is 6.39. The molecule has 0 amide bonds. The maximum atomic E-state index is 5.66. The lowest BCUT2D eigenvalue weighted by atomic mass is 9.77. The largest absolute Gasteiger partial charge is 0.379 e. The molecule has 1 spiro atoms. The summed E-state index contributed by atoms with van der Waals surface area (Å²) in [5, 5.41) is 0. The fraction of sp³-hybridized carbons (Fsp3) is 1.00. The van der Waals surface area contributed by atoms with Gasteiger partial charge in [-0.05, 0) is 44.2 Å². The quantitative estimate of drug-likeness (QED) is 0.791. The lowest BCUT2D eigenvalue weighted by Crippen LogP contribution is -2.44. The summed E-state index contributed by atoms with van der Waals surface area (Å²) in [6.45, 7) is 4.15. The lowest BCUT2D eigenvalue weighted by Gasteiger charge is -2.40. The summed E-state index contributed by atoms with van der Waals surface area (Å²) < 4.78 is 5.35. The van der Waals surface area contributed by atoms with E-state index >= 15 is 0 Å². The Morgan fingerprint density at radius 1 is 1.19 bits per heavy atom. The highest BCUT2D eigenvalue weighted by Gasteiger charge is 2.36. The van der Waals surface area contributed by atoms with Crippen molar-refractivity contribution in [1.82, 2.24) is 4.90 Å². The molecule has 1 saturated carbocycles. The van der Waals surface area contributed by atoms with E-state index in [1.54, 1.807) is 7.11 Å². The van der Waals surface area contributed by atoms with E-state index in [0.717, 1.165) is 12.0 Å². The van der Waals surface area contributed by atoms with Crippen molar-refractivity contribution in [2.45, 2.75) is 44.6 Å². The van der Waals surface area contributed by atoms with Gasteiger partial charge < -0.3 is 15.4 Å². The molecule has 94 valence electrons. The number of rotatable bonds is 4. The second-order valence-corrected chi connectivity index (χ2v) is 5.60. The summed E-state index contributed by atoms with van der Waals surface area (Å²) in [6, 6.07) is 0. The average molecular weight is 226 g/mol. The molecule has 1 atom stereocenters. The van der Waals surface area contributed by atoms with Crippen LogP contribution in [-0.2, 0) is 4.74 Å². The zero-order valence-electron chi connectivity index (χ0n) is 10.6. The number of hydrogen-bond donors (Lipinski definition) is 1. The monoisotopic (exact) mass is 226 g/mol. The third kappa shape index (κ3) is 2.76. The molecule has 0 radical (unpaired) electrons. The Morgan fingerprint density at radius 2 is 1.81 bits per heavy atom. The number of methoxy groups -OCH3 is 1. The summed E-state index contributed by atoms with van der Waals surface area (Å²) in [4.78, 5) is 2.53. The number of nitrogens with zero attached hydrogens (tertiary/aromatic N) is 1. The van der Waals surface area contributed by atoms with Crippen molar-refractivity contribution in [3.8, 4) is 0 Å². The van der Waals surface area contributed by atoms with Crippen LogP contribution in [0.4, 0.5) is 0 Å². The molecule has 0 aromatic carbocycles. The van der Waals surface area contributed by atoms with Gasteiger partial charge in [0.2, 0.25) is 0 Å². The van der Waals surface area contributed by atoms with Gasteiger partial charge in [-0.25, -0.2) is 0 Å². The van der Waals surface area contributed by atoms with E-state index < -0.39 is 0 Å². The van der Waals surface area contributed by atoms with Crippen molar-refractivity contribution in [2.75, 3.05) is 33.3 Å². The molecule has 1 aliphatic carbocycles. The lowest BCUT2D eigenvalue weighted by molar-refractivity contribution is 0.0389. The molecule has 3 nitrogen and oxygen atoms in total. The fourth-order valence-corrected chi connectivity index (χ4v) is 3.37. The van der Waals surface area contributed by atoms with Crippen LogP contribution in [0.2, 0.25) is 0 Å². The second kappa shape index (κ2) is 5.48.